The lowest BCUT2D eigenvalue weighted by Gasteiger charge is -2.38. The third-order valence-electron chi connectivity index (χ3n) is 5.18. The Labute approximate surface area is 179 Å². The summed E-state index contributed by atoms with van der Waals surface area (Å²) < 4.78 is 1.76. The first-order valence-corrected chi connectivity index (χ1v) is 10.4. The first-order valence-electron chi connectivity index (χ1n) is 9.46. The molecule has 0 aliphatic carbocycles. The van der Waals surface area contributed by atoms with E-state index in [2.05, 4.69) is 20.0 Å². The molecule has 7 nitrogen and oxygen atoms in total. The highest BCUT2D eigenvalue weighted by Gasteiger charge is 2.33. The van der Waals surface area contributed by atoms with Crippen LogP contribution in [0.2, 0.25) is 5.02 Å². The van der Waals surface area contributed by atoms with Gasteiger partial charge in [0.15, 0.2) is 5.65 Å². The maximum atomic E-state index is 12.7. The van der Waals surface area contributed by atoms with E-state index in [1.807, 2.05) is 43.0 Å². The Hall–Kier alpha value is -2.38. The minimum atomic E-state index is -0.552. The van der Waals surface area contributed by atoms with Crippen molar-refractivity contribution in [2.24, 2.45) is 5.41 Å². The fourth-order valence-electron chi connectivity index (χ4n) is 3.49. The highest BCUT2D eigenvalue weighted by molar-refractivity contribution is 6.30. The minimum Gasteiger partial charge on any atom is -0.352 e. The van der Waals surface area contributed by atoms with Crippen molar-refractivity contribution in [1.29, 1.82) is 0 Å². The van der Waals surface area contributed by atoms with Crippen molar-refractivity contribution in [3.8, 4) is 5.69 Å². The molecule has 1 aromatic carbocycles. The number of hydrogen-bond donors (Lipinski definition) is 0. The van der Waals surface area contributed by atoms with Crippen LogP contribution in [0.25, 0.3) is 16.7 Å². The molecule has 3 heterocycles. The molecule has 0 radical (unpaired) electrons. The molecular formula is C20H22Cl2N6O. The van der Waals surface area contributed by atoms with Crippen LogP contribution in [0.3, 0.4) is 0 Å². The molecule has 2 aromatic heterocycles. The Morgan fingerprint density at radius 2 is 1.93 bits per heavy atom. The van der Waals surface area contributed by atoms with Gasteiger partial charge >= 0.3 is 0 Å². The number of halogens is 2. The summed E-state index contributed by atoms with van der Waals surface area (Å²) in [4.78, 5) is 25.7. The zero-order chi connectivity index (χ0) is 20.6. The van der Waals surface area contributed by atoms with E-state index in [1.165, 1.54) is 0 Å². The Morgan fingerprint density at radius 3 is 2.62 bits per heavy atom. The zero-order valence-corrected chi connectivity index (χ0v) is 17.9. The molecule has 1 aliphatic heterocycles. The van der Waals surface area contributed by atoms with E-state index in [-0.39, 0.29) is 5.91 Å². The number of nitrogens with zero attached hydrogens (tertiary/aromatic N) is 6. The third-order valence-corrected chi connectivity index (χ3v) is 6.08. The number of piperazine rings is 1. The maximum Gasteiger partial charge on any atom is 0.229 e. The molecular weight excluding hydrogens is 411 g/mol. The highest BCUT2D eigenvalue weighted by atomic mass is 35.5. The predicted molar refractivity (Wildman–Crippen MR) is 115 cm³/mol. The number of anilines is 1. The highest BCUT2D eigenvalue weighted by Crippen LogP contribution is 2.27. The van der Waals surface area contributed by atoms with E-state index in [9.17, 15) is 4.79 Å². The number of carbonyl (C=O) groups excluding carboxylic acids is 1. The molecule has 152 valence electrons. The lowest BCUT2D eigenvalue weighted by Crippen LogP contribution is -2.52. The van der Waals surface area contributed by atoms with Crippen molar-refractivity contribution >= 4 is 46.0 Å². The third kappa shape index (κ3) is 3.76. The Kier molecular flexibility index (Phi) is 5.36. The molecule has 1 saturated heterocycles. The van der Waals surface area contributed by atoms with Crippen LogP contribution in [0.15, 0.2) is 36.8 Å². The number of benzene rings is 1. The Balaban J connectivity index is 1.58. The Morgan fingerprint density at radius 1 is 1.17 bits per heavy atom. The van der Waals surface area contributed by atoms with Crippen LogP contribution in [-0.2, 0) is 4.79 Å². The zero-order valence-electron chi connectivity index (χ0n) is 16.3. The largest absolute Gasteiger partial charge is 0.352 e. The maximum absolute atomic E-state index is 12.7. The van der Waals surface area contributed by atoms with Gasteiger partial charge in [0.1, 0.15) is 12.1 Å². The fourth-order valence-corrected chi connectivity index (χ4v) is 3.79. The summed E-state index contributed by atoms with van der Waals surface area (Å²) in [7, 11) is 0. The molecule has 0 N–H and O–H groups in total. The van der Waals surface area contributed by atoms with E-state index in [0.717, 1.165) is 22.5 Å². The lowest BCUT2D eigenvalue weighted by molar-refractivity contribution is -0.139. The van der Waals surface area contributed by atoms with E-state index in [1.54, 1.807) is 17.2 Å². The molecule has 0 bridgehead atoms. The lowest BCUT2D eigenvalue weighted by atomic mass is 9.94. The van der Waals surface area contributed by atoms with Crippen molar-refractivity contribution in [3.05, 3.63) is 41.8 Å². The van der Waals surface area contributed by atoms with Gasteiger partial charge < -0.3 is 9.80 Å². The molecule has 0 spiro atoms. The average Bonchev–Trinajstić information content (AvgIpc) is 3.17. The number of amides is 1. The first kappa shape index (κ1) is 19.9. The number of hydrogen-bond acceptors (Lipinski definition) is 5. The Bertz CT molecular complexity index is 1040. The summed E-state index contributed by atoms with van der Waals surface area (Å²) in [5, 5.41) is 6.01. The number of carbonyl (C=O) groups is 1. The van der Waals surface area contributed by atoms with E-state index in [0.29, 0.717) is 37.1 Å². The van der Waals surface area contributed by atoms with E-state index >= 15 is 0 Å². The molecule has 1 amide bonds. The SMILES string of the molecule is CC(C)(CCl)C(=O)N1CCN(c2ncnc3c2cnn3-c2cccc(Cl)c2)CC1. The van der Waals surface area contributed by atoms with Crippen molar-refractivity contribution in [2.45, 2.75) is 13.8 Å². The van der Waals surface area contributed by atoms with Gasteiger partial charge in [-0.05, 0) is 32.0 Å². The molecule has 1 aliphatic rings. The van der Waals surface area contributed by atoms with Crippen molar-refractivity contribution < 1.29 is 4.79 Å². The second-order valence-corrected chi connectivity index (χ2v) is 8.47. The standard InChI is InChI=1S/C20H22Cl2N6O/c1-20(2,12-21)19(29)27-8-6-26(7-9-27)17-16-11-25-28(18(16)24-13-23-17)15-5-3-4-14(22)10-15/h3-5,10-11,13H,6-9,12H2,1-2H3. The smallest absolute Gasteiger partial charge is 0.229 e. The molecule has 29 heavy (non-hydrogen) atoms. The molecule has 0 atom stereocenters. The quantitative estimate of drug-likeness (QED) is 0.591. The van der Waals surface area contributed by atoms with Crippen molar-refractivity contribution in [1.82, 2.24) is 24.6 Å². The van der Waals surface area contributed by atoms with Gasteiger partial charge in [0.25, 0.3) is 0 Å². The molecule has 3 aromatic rings. The summed E-state index contributed by atoms with van der Waals surface area (Å²) in [5.74, 6) is 1.22. The molecule has 0 unspecified atom stereocenters. The topological polar surface area (TPSA) is 67.2 Å². The van der Waals surface area contributed by atoms with E-state index in [4.69, 9.17) is 23.2 Å². The molecule has 9 heteroatoms. The predicted octanol–water partition coefficient (Wildman–Crippen LogP) is 3.38. The van der Waals surface area contributed by atoms with Gasteiger partial charge in [-0.1, -0.05) is 17.7 Å². The summed E-state index contributed by atoms with van der Waals surface area (Å²) in [6.45, 7) is 6.41. The normalized spacial score (nSPS) is 15.2. The minimum absolute atomic E-state index is 0.0914. The van der Waals surface area contributed by atoms with Crippen molar-refractivity contribution in [3.63, 3.8) is 0 Å². The number of aromatic nitrogens is 4. The van der Waals surface area contributed by atoms with Gasteiger partial charge in [-0.25, -0.2) is 14.6 Å². The summed E-state index contributed by atoms with van der Waals surface area (Å²) in [6.07, 6.45) is 3.33. The van der Waals surface area contributed by atoms with Crippen LogP contribution in [0.4, 0.5) is 5.82 Å². The first-order chi connectivity index (χ1) is 13.9. The van der Waals surface area contributed by atoms with Crippen LogP contribution in [0.5, 0.6) is 0 Å². The summed E-state index contributed by atoms with van der Waals surface area (Å²) >= 11 is 12.1. The summed E-state index contributed by atoms with van der Waals surface area (Å²) in [5.41, 5.74) is 1.01. The van der Waals surface area contributed by atoms with Crippen LogP contribution in [0, 0.1) is 5.41 Å². The van der Waals surface area contributed by atoms with Crippen LogP contribution in [0.1, 0.15) is 13.8 Å². The second-order valence-electron chi connectivity index (χ2n) is 7.77. The van der Waals surface area contributed by atoms with Gasteiger partial charge in [0.05, 0.1) is 22.7 Å². The fraction of sp³-hybridized carbons (Fsp3) is 0.400. The monoisotopic (exact) mass is 432 g/mol. The number of alkyl halides is 1. The average molecular weight is 433 g/mol. The molecule has 1 fully saturated rings. The van der Waals surface area contributed by atoms with E-state index < -0.39 is 5.41 Å². The molecule has 0 saturated carbocycles. The van der Waals surface area contributed by atoms with Crippen molar-refractivity contribution in [2.75, 3.05) is 37.0 Å². The number of fused-ring (bicyclic) bond motifs is 1. The second kappa shape index (κ2) is 7.80. The molecule has 4 rings (SSSR count). The summed E-state index contributed by atoms with van der Waals surface area (Å²) in [6, 6.07) is 7.48. The van der Waals surface area contributed by atoms with Gasteiger partial charge in [0, 0.05) is 37.1 Å². The van der Waals surface area contributed by atoms with Gasteiger partial charge in [0.2, 0.25) is 5.91 Å². The van der Waals surface area contributed by atoms with Crippen LogP contribution >= 0.6 is 23.2 Å². The van der Waals surface area contributed by atoms with Gasteiger partial charge in [-0.15, -0.1) is 11.6 Å². The van der Waals surface area contributed by atoms with Gasteiger partial charge in [-0.3, -0.25) is 4.79 Å². The van der Waals surface area contributed by atoms with Gasteiger partial charge in [-0.2, -0.15) is 5.10 Å². The van der Waals surface area contributed by atoms with Crippen LogP contribution < -0.4 is 4.90 Å². The number of rotatable bonds is 4. The van der Waals surface area contributed by atoms with Crippen LogP contribution in [-0.4, -0.2) is 62.6 Å².